The van der Waals surface area contributed by atoms with Crippen molar-refractivity contribution in [2.75, 3.05) is 0 Å². The lowest BCUT2D eigenvalue weighted by molar-refractivity contribution is 0.495. The van der Waals surface area contributed by atoms with Crippen LogP contribution in [0.15, 0.2) is 0 Å². The summed E-state index contributed by atoms with van der Waals surface area (Å²) in [4.78, 5) is 0. The Hall–Kier alpha value is -0.140. The molecule has 0 rings (SSSR count). The van der Waals surface area contributed by atoms with Gasteiger partial charge in [-0.3, -0.25) is 0 Å². The second-order valence-corrected chi connectivity index (χ2v) is 2.08. The van der Waals surface area contributed by atoms with Crippen molar-refractivity contribution in [3.8, 4) is 0 Å². The summed E-state index contributed by atoms with van der Waals surface area (Å²) >= 11 is 0. The molecule has 0 heterocycles. The molecule has 0 fully saturated rings. The first-order valence-corrected chi connectivity index (χ1v) is 3.29. The summed E-state index contributed by atoms with van der Waals surface area (Å²) in [6.07, 6.45) is 0. The number of hydrogen-bond acceptors (Lipinski definition) is 5. The van der Waals surface area contributed by atoms with E-state index in [0.717, 1.165) is 0 Å². The highest BCUT2D eigenvalue weighted by atomic mass is 32.3. The van der Waals surface area contributed by atoms with Gasteiger partial charge in [0.05, 0.1) is 0 Å². The lowest BCUT2D eigenvalue weighted by Crippen LogP contribution is -1.82. The number of hydrogen-bond donors (Lipinski definition) is 2. The van der Waals surface area contributed by atoms with Crippen LogP contribution in [0.25, 0.3) is 0 Å². The maximum atomic E-state index is 9.24. The first-order chi connectivity index (χ1) is 3.13. The van der Waals surface area contributed by atoms with E-state index in [4.69, 9.17) is 0 Å². The van der Waals surface area contributed by atoms with Crippen LogP contribution in [0.3, 0.4) is 0 Å². The topological polar surface area (TPSA) is 77.5 Å². The van der Waals surface area contributed by atoms with Gasteiger partial charge >= 0.3 is 0 Å². The van der Waals surface area contributed by atoms with Crippen molar-refractivity contribution in [3.63, 3.8) is 0 Å². The Bertz CT molecular complexity index is 135. The van der Waals surface area contributed by atoms with Crippen LogP contribution in [0.2, 0.25) is 0 Å². The third-order valence-electron chi connectivity index (χ3n) is 0.133. The monoisotopic (exact) mass is 146 g/mol. The molecule has 0 aromatic carbocycles. The van der Waals surface area contributed by atoms with Crippen LogP contribution in [0.5, 0.6) is 0 Å². The average Bonchev–Trinajstić information content (AvgIpc) is 1.27. The standard InChI is InChI=1S/H2O5S2/c1-6(2)5-7(3)4/h6-7H. The van der Waals surface area contributed by atoms with Crippen LogP contribution in [0.1, 0.15) is 0 Å². The zero-order valence-corrected chi connectivity index (χ0v) is 4.72. The predicted octanol–water partition coefficient (Wildman–Crippen LogP) is -1.94. The maximum absolute atomic E-state index is 9.24. The third kappa shape index (κ3) is 5.86. The Morgan fingerprint density at radius 3 is 1.14 bits per heavy atom. The highest BCUT2D eigenvalue weighted by Gasteiger charge is 1.80. The zero-order chi connectivity index (χ0) is 5.86. The average molecular weight is 146 g/mol. The minimum atomic E-state index is -3.24. The van der Waals surface area contributed by atoms with E-state index in [-0.39, 0.29) is 0 Å². The van der Waals surface area contributed by atoms with Gasteiger partial charge in [-0.15, -0.1) is 0 Å². The van der Waals surface area contributed by atoms with Crippen molar-refractivity contribution in [1.82, 2.24) is 0 Å². The van der Waals surface area contributed by atoms with Crippen LogP contribution in [0.4, 0.5) is 0 Å². The minimum absolute atomic E-state index is 3.16. The summed E-state index contributed by atoms with van der Waals surface area (Å²) in [7, 11) is -6.47. The van der Waals surface area contributed by atoms with E-state index in [2.05, 4.69) is 3.63 Å². The molecule has 7 heteroatoms. The van der Waals surface area contributed by atoms with Gasteiger partial charge in [0.1, 0.15) is 0 Å². The molecule has 0 aromatic rings. The molecule has 0 atom stereocenters. The Morgan fingerprint density at radius 2 is 1.14 bits per heavy atom. The smallest absolute Gasteiger partial charge is 0.201 e. The largest absolute Gasteiger partial charge is 0.271 e. The molecule has 7 heavy (non-hydrogen) atoms. The van der Waals surface area contributed by atoms with Gasteiger partial charge in [-0.05, 0) is 0 Å². The fraction of sp³-hybridized carbons (Fsp3) is 0. The molecule has 0 saturated carbocycles. The summed E-state index contributed by atoms with van der Waals surface area (Å²) in [6.45, 7) is 0. The number of thiol groups is 2. The van der Waals surface area contributed by atoms with Gasteiger partial charge in [0.25, 0.3) is 22.0 Å². The molecule has 44 valence electrons. The molecule has 5 nitrogen and oxygen atoms in total. The summed E-state index contributed by atoms with van der Waals surface area (Å²) in [5.41, 5.74) is 0. The summed E-state index contributed by atoms with van der Waals surface area (Å²) in [6, 6.07) is 0. The van der Waals surface area contributed by atoms with Crippen molar-refractivity contribution in [2.45, 2.75) is 0 Å². The SMILES string of the molecule is O=[SH](=O)O[SH](=O)=O. The minimum Gasteiger partial charge on any atom is -0.201 e. The third-order valence-corrected chi connectivity index (χ3v) is 1.20. The van der Waals surface area contributed by atoms with Crippen LogP contribution < -0.4 is 0 Å². The highest BCUT2D eigenvalue weighted by Crippen LogP contribution is 1.66. The van der Waals surface area contributed by atoms with Crippen molar-refractivity contribution in [2.24, 2.45) is 0 Å². The van der Waals surface area contributed by atoms with Gasteiger partial charge < -0.3 is 0 Å². The van der Waals surface area contributed by atoms with E-state index in [1.54, 1.807) is 0 Å². The van der Waals surface area contributed by atoms with Crippen LogP contribution in [-0.2, 0) is 25.6 Å². The van der Waals surface area contributed by atoms with Gasteiger partial charge in [0.2, 0.25) is 0 Å². The molecule has 0 amide bonds. The fourth-order valence-electron chi connectivity index (χ4n) is 0.0544. The van der Waals surface area contributed by atoms with Crippen molar-refractivity contribution in [3.05, 3.63) is 0 Å². The van der Waals surface area contributed by atoms with Crippen LogP contribution in [0, 0.1) is 0 Å². The van der Waals surface area contributed by atoms with E-state index in [0.29, 0.717) is 0 Å². The predicted molar refractivity (Wildman–Crippen MR) is 21.7 cm³/mol. The van der Waals surface area contributed by atoms with Crippen molar-refractivity contribution in [1.29, 1.82) is 0 Å². The van der Waals surface area contributed by atoms with E-state index in [1.165, 1.54) is 0 Å². The fourth-order valence-corrected chi connectivity index (χ4v) is 0.490. The summed E-state index contributed by atoms with van der Waals surface area (Å²) in [5.74, 6) is 0. The Morgan fingerprint density at radius 1 is 0.857 bits per heavy atom. The Labute approximate surface area is 43.2 Å². The number of rotatable bonds is 2. The molecule has 0 unspecified atom stereocenters. The second-order valence-electron chi connectivity index (χ2n) is 0.529. The molecule has 0 saturated heterocycles. The molecule has 0 bridgehead atoms. The molecule has 0 aliphatic carbocycles. The van der Waals surface area contributed by atoms with Crippen molar-refractivity contribution >= 4 is 22.0 Å². The highest BCUT2D eigenvalue weighted by molar-refractivity contribution is 7.81. The van der Waals surface area contributed by atoms with E-state index >= 15 is 0 Å². The Balaban J connectivity index is 3.77. The maximum Gasteiger partial charge on any atom is 0.271 e. The van der Waals surface area contributed by atoms with Gasteiger partial charge in [0.15, 0.2) is 0 Å². The first-order valence-electron chi connectivity index (χ1n) is 1.10. The van der Waals surface area contributed by atoms with Crippen molar-refractivity contribution < 1.29 is 20.5 Å². The lowest BCUT2D eigenvalue weighted by atomic mass is 15.8. The van der Waals surface area contributed by atoms with Gasteiger partial charge in [0, 0.05) is 0 Å². The summed E-state index contributed by atoms with van der Waals surface area (Å²) < 4.78 is 40.1. The molecule has 0 aliphatic rings. The first kappa shape index (κ1) is 6.86. The quantitative estimate of drug-likeness (QED) is 0.443. The van der Waals surface area contributed by atoms with E-state index in [9.17, 15) is 16.8 Å². The molecule has 0 aliphatic heterocycles. The van der Waals surface area contributed by atoms with Gasteiger partial charge in [-0.2, -0.15) is 3.63 Å². The normalized spacial score (nSPS) is 10.6. The van der Waals surface area contributed by atoms with Crippen LogP contribution >= 0.6 is 0 Å². The van der Waals surface area contributed by atoms with E-state index < -0.39 is 22.0 Å². The van der Waals surface area contributed by atoms with Crippen LogP contribution in [-0.4, -0.2) is 16.8 Å². The molecule has 0 aromatic heterocycles. The van der Waals surface area contributed by atoms with E-state index in [1.807, 2.05) is 0 Å². The summed E-state index contributed by atoms with van der Waals surface area (Å²) in [5, 5.41) is 0. The van der Waals surface area contributed by atoms with Gasteiger partial charge in [-0.1, -0.05) is 0 Å². The molecule has 0 spiro atoms. The zero-order valence-electron chi connectivity index (χ0n) is 2.94. The second kappa shape index (κ2) is 2.94. The molecular weight excluding hydrogens is 144 g/mol. The molecule has 0 radical (unpaired) electrons. The van der Waals surface area contributed by atoms with Gasteiger partial charge in [-0.25, -0.2) is 16.8 Å². The Kier molecular flexibility index (Phi) is 2.88. The molecule has 0 N–H and O–H groups in total. The molecular formula is H2O5S2. The lowest BCUT2D eigenvalue weighted by Gasteiger charge is -1.69.